The molecule has 0 spiro atoms. The zero-order valence-electron chi connectivity index (χ0n) is 20.2. The summed E-state index contributed by atoms with van der Waals surface area (Å²) in [5, 5.41) is 12.0. The van der Waals surface area contributed by atoms with E-state index in [0.717, 1.165) is 41.6 Å². The fourth-order valence-corrected chi connectivity index (χ4v) is 4.25. The largest absolute Gasteiger partial charge is 0.350 e. The van der Waals surface area contributed by atoms with Crippen molar-refractivity contribution >= 4 is 22.8 Å². The minimum absolute atomic E-state index is 0.178. The van der Waals surface area contributed by atoms with Gasteiger partial charge in [0.1, 0.15) is 12.1 Å². The third-order valence-electron chi connectivity index (χ3n) is 6.21. The van der Waals surface area contributed by atoms with Crippen molar-refractivity contribution in [3.8, 4) is 11.3 Å². The molecule has 35 heavy (non-hydrogen) atoms. The van der Waals surface area contributed by atoms with Gasteiger partial charge in [0.05, 0.1) is 5.69 Å². The Labute approximate surface area is 202 Å². The van der Waals surface area contributed by atoms with Crippen molar-refractivity contribution in [1.29, 1.82) is 0 Å². The van der Waals surface area contributed by atoms with E-state index in [4.69, 9.17) is 0 Å². The average molecular weight is 469 g/mol. The molecular formula is C27H28N6O2. The zero-order chi connectivity index (χ0) is 24.5. The molecule has 8 heteroatoms. The predicted molar refractivity (Wildman–Crippen MR) is 137 cm³/mol. The Hall–Kier alpha value is -4.20. The molecule has 0 fully saturated rings. The van der Waals surface area contributed by atoms with Crippen molar-refractivity contribution in [3.63, 3.8) is 0 Å². The van der Waals surface area contributed by atoms with E-state index in [2.05, 4.69) is 40.6 Å². The van der Waals surface area contributed by atoms with Crippen LogP contribution in [0.1, 0.15) is 36.5 Å². The van der Waals surface area contributed by atoms with Crippen LogP contribution in [0.15, 0.2) is 65.7 Å². The lowest BCUT2D eigenvalue weighted by molar-refractivity contribution is -0.117. The third kappa shape index (κ3) is 4.47. The van der Waals surface area contributed by atoms with E-state index in [1.807, 2.05) is 44.2 Å². The fourth-order valence-electron chi connectivity index (χ4n) is 4.25. The Morgan fingerprint density at radius 3 is 2.57 bits per heavy atom. The lowest BCUT2D eigenvalue weighted by Gasteiger charge is -2.06. The monoisotopic (exact) mass is 468 g/mol. The van der Waals surface area contributed by atoms with E-state index in [0.29, 0.717) is 16.9 Å². The van der Waals surface area contributed by atoms with Crippen molar-refractivity contribution in [2.75, 3.05) is 5.32 Å². The predicted octanol–water partition coefficient (Wildman–Crippen LogP) is 4.41. The maximum atomic E-state index is 12.9. The van der Waals surface area contributed by atoms with Crippen LogP contribution >= 0.6 is 0 Å². The minimum atomic E-state index is -0.373. The fraction of sp³-hybridized carbons (Fsp3) is 0.259. The quantitative estimate of drug-likeness (QED) is 0.383. The summed E-state index contributed by atoms with van der Waals surface area (Å²) in [7, 11) is 0. The molecule has 0 saturated carbocycles. The van der Waals surface area contributed by atoms with Gasteiger partial charge >= 0.3 is 5.69 Å². The van der Waals surface area contributed by atoms with Gasteiger partial charge in [0, 0.05) is 23.6 Å². The van der Waals surface area contributed by atoms with Crippen LogP contribution in [-0.2, 0) is 17.8 Å². The first kappa shape index (κ1) is 22.6. The molecule has 1 N–H and O–H groups in total. The second-order valence-electron chi connectivity index (χ2n) is 8.96. The van der Waals surface area contributed by atoms with Crippen molar-refractivity contribution in [2.24, 2.45) is 0 Å². The van der Waals surface area contributed by atoms with Crippen molar-refractivity contribution in [3.05, 3.63) is 88.1 Å². The number of amides is 1. The summed E-state index contributed by atoms with van der Waals surface area (Å²) < 4.78 is 4.34. The first-order valence-electron chi connectivity index (χ1n) is 11.9. The zero-order valence-corrected chi connectivity index (χ0v) is 20.2. The molecular weight excluding hydrogens is 440 g/mol. The summed E-state index contributed by atoms with van der Waals surface area (Å²) in [6.45, 7) is 6.08. The molecule has 5 rings (SSSR count). The SMILES string of the molecule is CCCCc1ccc(NC(=O)Cn2nc3c4cc(-c5cc(C)ccc5C)nn4ccn3c2=O)cc1. The Bertz CT molecular complexity index is 1590. The highest BCUT2D eigenvalue weighted by molar-refractivity contribution is 5.90. The van der Waals surface area contributed by atoms with Gasteiger partial charge < -0.3 is 5.32 Å². The molecule has 0 atom stereocenters. The van der Waals surface area contributed by atoms with Crippen LogP contribution in [0.5, 0.6) is 0 Å². The number of hydrogen-bond acceptors (Lipinski definition) is 4. The first-order chi connectivity index (χ1) is 16.9. The van der Waals surface area contributed by atoms with Gasteiger partial charge in [-0.1, -0.05) is 43.2 Å². The molecule has 3 aromatic heterocycles. The normalized spacial score (nSPS) is 11.4. The number of benzene rings is 2. The van der Waals surface area contributed by atoms with Crippen LogP contribution < -0.4 is 11.0 Å². The smallest absolute Gasteiger partial charge is 0.324 e. The highest BCUT2D eigenvalue weighted by Gasteiger charge is 2.16. The van der Waals surface area contributed by atoms with Crippen LogP contribution in [0.25, 0.3) is 22.4 Å². The van der Waals surface area contributed by atoms with E-state index >= 15 is 0 Å². The molecule has 0 bridgehead atoms. The van der Waals surface area contributed by atoms with Crippen LogP contribution in [-0.4, -0.2) is 29.7 Å². The molecule has 5 aromatic rings. The van der Waals surface area contributed by atoms with Crippen LogP contribution in [0, 0.1) is 13.8 Å². The van der Waals surface area contributed by atoms with Gasteiger partial charge in [-0.2, -0.15) is 5.10 Å². The number of carbonyl (C=O) groups excluding carboxylic acids is 1. The molecule has 1 amide bonds. The van der Waals surface area contributed by atoms with Crippen LogP contribution in [0.3, 0.4) is 0 Å². The second kappa shape index (κ2) is 9.21. The third-order valence-corrected chi connectivity index (χ3v) is 6.21. The van der Waals surface area contributed by atoms with Gasteiger partial charge in [0.15, 0.2) is 5.65 Å². The average Bonchev–Trinajstić information content (AvgIpc) is 3.41. The minimum Gasteiger partial charge on any atom is -0.324 e. The summed E-state index contributed by atoms with van der Waals surface area (Å²) in [5.41, 5.74) is 6.83. The number of hydrogen-bond donors (Lipinski definition) is 1. The van der Waals surface area contributed by atoms with E-state index in [1.54, 1.807) is 16.9 Å². The first-order valence-corrected chi connectivity index (χ1v) is 11.9. The standard InChI is InChI=1S/C27H28N6O2/c1-4-5-6-20-9-11-21(12-10-20)28-25(34)17-33-27(35)31-13-14-32-24(26(31)30-33)16-23(29-32)22-15-18(2)7-8-19(22)3/h7-16H,4-6,17H2,1-3H3,(H,28,34). The molecule has 0 unspecified atom stereocenters. The number of fused-ring (bicyclic) bond motifs is 3. The van der Waals surface area contributed by atoms with Crippen molar-refractivity contribution in [1.82, 2.24) is 23.8 Å². The van der Waals surface area contributed by atoms with E-state index < -0.39 is 0 Å². The van der Waals surface area contributed by atoms with Gasteiger partial charge in [-0.3, -0.25) is 4.79 Å². The summed E-state index contributed by atoms with van der Waals surface area (Å²) in [4.78, 5) is 25.6. The Balaban J connectivity index is 1.41. The maximum absolute atomic E-state index is 12.9. The van der Waals surface area contributed by atoms with Gasteiger partial charge in [-0.25, -0.2) is 18.4 Å². The highest BCUT2D eigenvalue weighted by Crippen LogP contribution is 2.25. The number of nitrogens with zero attached hydrogens (tertiary/aromatic N) is 5. The molecule has 0 saturated heterocycles. The Morgan fingerprint density at radius 1 is 1.00 bits per heavy atom. The number of unbranched alkanes of at least 4 members (excludes halogenated alkanes) is 1. The molecule has 3 heterocycles. The topological polar surface area (TPSA) is 85.7 Å². The summed E-state index contributed by atoms with van der Waals surface area (Å²) >= 11 is 0. The second-order valence-corrected chi connectivity index (χ2v) is 8.96. The van der Waals surface area contributed by atoms with Crippen LogP contribution in [0.2, 0.25) is 0 Å². The molecule has 0 aliphatic carbocycles. The number of anilines is 1. The molecule has 0 aliphatic rings. The van der Waals surface area contributed by atoms with Crippen molar-refractivity contribution < 1.29 is 4.79 Å². The summed E-state index contributed by atoms with van der Waals surface area (Å²) in [5.74, 6) is -0.308. The number of aryl methyl sites for hydroxylation is 3. The number of rotatable bonds is 7. The summed E-state index contributed by atoms with van der Waals surface area (Å²) in [6, 6.07) is 16.0. The lowest BCUT2D eigenvalue weighted by Crippen LogP contribution is -2.28. The molecule has 2 aromatic carbocycles. The highest BCUT2D eigenvalue weighted by atomic mass is 16.2. The molecule has 8 nitrogen and oxygen atoms in total. The van der Waals surface area contributed by atoms with Gasteiger partial charge in [0.2, 0.25) is 5.91 Å². The lowest BCUT2D eigenvalue weighted by atomic mass is 10.0. The van der Waals surface area contributed by atoms with E-state index in [1.165, 1.54) is 14.6 Å². The van der Waals surface area contributed by atoms with Gasteiger partial charge in [0.25, 0.3) is 0 Å². The Kier molecular flexibility index (Phi) is 5.94. The van der Waals surface area contributed by atoms with Gasteiger partial charge in [-0.05, 0) is 62.1 Å². The van der Waals surface area contributed by atoms with Crippen LogP contribution in [0.4, 0.5) is 5.69 Å². The van der Waals surface area contributed by atoms with Gasteiger partial charge in [-0.15, -0.1) is 5.10 Å². The Morgan fingerprint density at radius 2 is 1.80 bits per heavy atom. The molecule has 178 valence electrons. The molecule has 0 aliphatic heterocycles. The summed E-state index contributed by atoms with van der Waals surface area (Å²) in [6.07, 6.45) is 6.66. The number of aromatic nitrogens is 5. The molecule has 0 radical (unpaired) electrons. The number of carbonyl (C=O) groups is 1. The number of nitrogens with one attached hydrogen (secondary N) is 1. The van der Waals surface area contributed by atoms with E-state index in [9.17, 15) is 9.59 Å². The maximum Gasteiger partial charge on any atom is 0.350 e. The van der Waals surface area contributed by atoms with E-state index in [-0.39, 0.29) is 18.1 Å². The van der Waals surface area contributed by atoms with Crippen molar-refractivity contribution in [2.45, 2.75) is 46.6 Å².